The maximum atomic E-state index is 12.6. The van der Waals surface area contributed by atoms with Crippen LogP contribution in [0.4, 0.5) is 0 Å². The Hall–Kier alpha value is -2.60. The lowest BCUT2D eigenvalue weighted by atomic mass is 10.1. The Kier molecular flexibility index (Phi) is 6.00. The van der Waals surface area contributed by atoms with Gasteiger partial charge in [0, 0.05) is 26.9 Å². The number of carbonyl (C=O) groups excluding carboxylic acids is 1. The topological polar surface area (TPSA) is 47.8 Å². The zero-order valence-corrected chi connectivity index (χ0v) is 17.5. The number of aromatic nitrogens is 3. The number of halogens is 2. The summed E-state index contributed by atoms with van der Waals surface area (Å²) in [6.45, 7) is 0. The van der Waals surface area contributed by atoms with E-state index in [1.807, 2.05) is 59.2 Å². The molecule has 1 aromatic heterocycles. The number of hydrogen-bond acceptors (Lipinski definition) is 4. The number of Topliss-reactive ketones (excluding diaryl/α,β-unsaturated/α-hetero) is 1. The number of nitrogens with zero attached hydrogens (tertiary/aromatic N) is 3. The van der Waals surface area contributed by atoms with E-state index in [2.05, 4.69) is 10.2 Å². The normalized spacial score (nSPS) is 10.8. The summed E-state index contributed by atoms with van der Waals surface area (Å²) in [6, 6.07) is 24.1. The average Bonchev–Trinajstić information content (AvgIpc) is 3.17. The second-order valence-corrected chi connectivity index (χ2v) is 8.02. The first-order valence-corrected chi connectivity index (χ1v) is 10.5. The van der Waals surface area contributed by atoms with Gasteiger partial charge in [-0.3, -0.25) is 9.36 Å². The minimum absolute atomic E-state index is 0.00131. The molecule has 0 bridgehead atoms. The van der Waals surface area contributed by atoms with Gasteiger partial charge in [-0.2, -0.15) is 0 Å². The molecule has 4 nitrogen and oxygen atoms in total. The predicted molar refractivity (Wildman–Crippen MR) is 118 cm³/mol. The van der Waals surface area contributed by atoms with Gasteiger partial charge in [0.1, 0.15) is 0 Å². The molecular formula is C22H15Cl2N3OS. The highest BCUT2D eigenvalue weighted by Gasteiger charge is 2.18. The second-order valence-electron chi connectivity index (χ2n) is 6.21. The van der Waals surface area contributed by atoms with Crippen molar-refractivity contribution in [1.82, 2.24) is 14.8 Å². The lowest BCUT2D eigenvalue weighted by Gasteiger charge is -2.10. The van der Waals surface area contributed by atoms with Crippen LogP contribution in [0, 0.1) is 0 Å². The fraction of sp³-hybridized carbons (Fsp3) is 0.0455. The van der Waals surface area contributed by atoms with Gasteiger partial charge in [-0.25, -0.2) is 0 Å². The molecule has 0 aliphatic carbocycles. The summed E-state index contributed by atoms with van der Waals surface area (Å²) in [5.74, 6) is 0.904. The van der Waals surface area contributed by atoms with Gasteiger partial charge >= 0.3 is 0 Å². The molecule has 0 fully saturated rings. The molecule has 0 N–H and O–H groups in total. The van der Waals surface area contributed by atoms with Crippen molar-refractivity contribution in [3.05, 3.63) is 94.5 Å². The van der Waals surface area contributed by atoms with E-state index in [0.717, 1.165) is 11.3 Å². The number of benzene rings is 3. The van der Waals surface area contributed by atoms with Crippen LogP contribution < -0.4 is 0 Å². The SMILES string of the molecule is O=C(CSc1nnc(-c2cccc(Cl)c2)n1-c1ccccc1)c1ccc(Cl)cc1. The molecule has 7 heteroatoms. The van der Waals surface area contributed by atoms with Gasteiger partial charge in [0.2, 0.25) is 0 Å². The van der Waals surface area contributed by atoms with Crippen molar-refractivity contribution in [1.29, 1.82) is 0 Å². The second kappa shape index (κ2) is 8.82. The van der Waals surface area contributed by atoms with E-state index in [0.29, 0.717) is 26.6 Å². The van der Waals surface area contributed by atoms with Crippen LogP contribution in [0.3, 0.4) is 0 Å². The van der Waals surface area contributed by atoms with E-state index in [4.69, 9.17) is 23.2 Å². The fourth-order valence-electron chi connectivity index (χ4n) is 2.84. The molecule has 4 rings (SSSR count). The molecule has 0 radical (unpaired) electrons. The minimum atomic E-state index is -0.00131. The molecule has 0 amide bonds. The smallest absolute Gasteiger partial charge is 0.196 e. The maximum absolute atomic E-state index is 12.6. The Morgan fingerprint density at radius 1 is 0.862 bits per heavy atom. The summed E-state index contributed by atoms with van der Waals surface area (Å²) >= 11 is 13.4. The highest BCUT2D eigenvalue weighted by molar-refractivity contribution is 7.99. The van der Waals surface area contributed by atoms with Crippen molar-refractivity contribution >= 4 is 40.7 Å². The van der Waals surface area contributed by atoms with Crippen molar-refractivity contribution in [3.63, 3.8) is 0 Å². The number of rotatable bonds is 6. The van der Waals surface area contributed by atoms with Crippen LogP contribution in [0.5, 0.6) is 0 Å². The largest absolute Gasteiger partial charge is 0.293 e. The fourth-order valence-corrected chi connectivity index (χ4v) is 4.00. The summed E-state index contributed by atoms with van der Waals surface area (Å²) in [5.41, 5.74) is 2.38. The summed E-state index contributed by atoms with van der Waals surface area (Å²) < 4.78 is 1.94. The third-order valence-electron chi connectivity index (χ3n) is 4.23. The molecule has 0 aliphatic heterocycles. The number of para-hydroxylation sites is 1. The van der Waals surface area contributed by atoms with Gasteiger partial charge < -0.3 is 0 Å². The minimum Gasteiger partial charge on any atom is -0.293 e. The van der Waals surface area contributed by atoms with Crippen LogP contribution in [0.1, 0.15) is 10.4 Å². The lowest BCUT2D eigenvalue weighted by molar-refractivity contribution is 0.102. The molecule has 0 saturated carbocycles. The van der Waals surface area contributed by atoms with Crippen LogP contribution in [0.25, 0.3) is 17.1 Å². The van der Waals surface area contributed by atoms with Crippen molar-refractivity contribution in [2.24, 2.45) is 0 Å². The first-order chi connectivity index (χ1) is 14.1. The van der Waals surface area contributed by atoms with Crippen molar-refractivity contribution in [2.75, 3.05) is 5.75 Å². The third-order valence-corrected chi connectivity index (χ3v) is 5.65. The van der Waals surface area contributed by atoms with Gasteiger partial charge in [0.15, 0.2) is 16.8 Å². The Labute approximate surface area is 182 Å². The zero-order chi connectivity index (χ0) is 20.2. The molecule has 4 aromatic rings. The molecule has 0 aliphatic rings. The molecule has 144 valence electrons. The molecule has 3 aromatic carbocycles. The van der Waals surface area contributed by atoms with Crippen LogP contribution in [-0.2, 0) is 0 Å². The van der Waals surface area contributed by atoms with Crippen molar-refractivity contribution in [3.8, 4) is 17.1 Å². The van der Waals surface area contributed by atoms with E-state index >= 15 is 0 Å². The summed E-state index contributed by atoms with van der Waals surface area (Å²) in [6.07, 6.45) is 0. The Morgan fingerprint density at radius 3 is 2.34 bits per heavy atom. The van der Waals surface area contributed by atoms with Gasteiger partial charge in [-0.05, 0) is 48.5 Å². The van der Waals surface area contributed by atoms with Crippen LogP contribution in [-0.4, -0.2) is 26.3 Å². The Balaban J connectivity index is 1.66. The number of hydrogen-bond donors (Lipinski definition) is 0. The average molecular weight is 440 g/mol. The monoisotopic (exact) mass is 439 g/mol. The first-order valence-electron chi connectivity index (χ1n) is 8.80. The summed E-state index contributed by atoms with van der Waals surface area (Å²) in [5, 5.41) is 10.6. The Morgan fingerprint density at radius 2 is 1.62 bits per heavy atom. The van der Waals surface area contributed by atoms with Crippen LogP contribution in [0.15, 0.2) is 84.0 Å². The van der Waals surface area contributed by atoms with E-state index in [1.165, 1.54) is 11.8 Å². The van der Waals surface area contributed by atoms with E-state index in [9.17, 15) is 4.79 Å². The molecule has 0 spiro atoms. The number of carbonyl (C=O) groups is 1. The summed E-state index contributed by atoms with van der Waals surface area (Å²) in [4.78, 5) is 12.6. The first kappa shape index (κ1) is 19.7. The predicted octanol–water partition coefficient (Wildman–Crippen LogP) is 6.22. The lowest BCUT2D eigenvalue weighted by Crippen LogP contribution is -2.05. The molecule has 0 atom stereocenters. The Bertz CT molecular complexity index is 1140. The van der Waals surface area contributed by atoms with Gasteiger partial charge in [-0.1, -0.05) is 65.3 Å². The van der Waals surface area contributed by atoms with Crippen LogP contribution >= 0.6 is 35.0 Å². The van der Waals surface area contributed by atoms with E-state index in [1.54, 1.807) is 24.3 Å². The van der Waals surface area contributed by atoms with Crippen molar-refractivity contribution < 1.29 is 4.79 Å². The maximum Gasteiger partial charge on any atom is 0.196 e. The number of thioether (sulfide) groups is 1. The number of ketones is 1. The quantitative estimate of drug-likeness (QED) is 0.264. The summed E-state index contributed by atoms with van der Waals surface area (Å²) in [7, 11) is 0. The third kappa shape index (κ3) is 4.53. The van der Waals surface area contributed by atoms with Gasteiger partial charge in [-0.15, -0.1) is 10.2 Å². The molecular weight excluding hydrogens is 425 g/mol. The molecule has 1 heterocycles. The van der Waals surface area contributed by atoms with Gasteiger partial charge in [0.05, 0.1) is 5.75 Å². The van der Waals surface area contributed by atoms with Crippen LogP contribution in [0.2, 0.25) is 10.0 Å². The standard InChI is InChI=1S/C22H15Cl2N3OS/c23-17-11-9-15(10-12-17)20(28)14-29-22-26-25-21(16-5-4-6-18(24)13-16)27(22)19-7-2-1-3-8-19/h1-13H,14H2. The highest BCUT2D eigenvalue weighted by Crippen LogP contribution is 2.29. The van der Waals surface area contributed by atoms with E-state index in [-0.39, 0.29) is 11.5 Å². The van der Waals surface area contributed by atoms with E-state index < -0.39 is 0 Å². The van der Waals surface area contributed by atoms with Gasteiger partial charge in [0.25, 0.3) is 0 Å². The molecule has 0 saturated heterocycles. The molecule has 0 unspecified atom stereocenters. The zero-order valence-electron chi connectivity index (χ0n) is 15.1. The van der Waals surface area contributed by atoms with Crippen molar-refractivity contribution in [2.45, 2.75) is 5.16 Å². The highest BCUT2D eigenvalue weighted by atomic mass is 35.5. The molecule has 29 heavy (non-hydrogen) atoms.